The molecule has 1 aromatic carbocycles. The van der Waals surface area contributed by atoms with Crippen LogP contribution in [-0.4, -0.2) is 106 Å². The summed E-state index contributed by atoms with van der Waals surface area (Å²) in [6.07, 6.45) is -0.0663. The van der Waals surface area contributed by atoms with Gasteiger partial charge in [0, 0.05) is 28.6 Å². The number of carboxylic acids is 4. The van der Waals surface area contributed by atoms with E-state index < -0.39 is 23.9 Å². The molecule has 1 aromatic heterocycles. The summed E-state index contributed by atoms with van der Waals surface area (Å²) in [4.78, 5) is 61.8. The van der Waals surface area contributed by atoms with Gasteiger partial charge in [0.05, 0.1) is 49.2 Å². The molecule has 0 aliphatic carbocycles. The molecule has 17 heteroatoms. The summed E-state index contributed by atoms with van der Waals surface area (Å²) in [6.45, 7) is 0. The maximum atomic E-state index is 11.0. The smallest absolute Gasteiger partial charge is 0.304 e. The molecule has 4 N–H and O–H groups in total. The molecule has 0 saturated heterocycles. The van der Waals surface area contributed by atoms with Gasteiger partial charge in [-0.05, 0) is 0 Å². The second-order valence-electron chi connectivity index (χ2n) is 8.43. The number of hydrogen-bond acceptors (Lipinski definition) is 13. The minimum absolute atomic E-state index is 0.0166. The molecule has 0 aliphatic heterocycles. The van der Waals surface area contributed by atoms with Crippen molar-refractivity contribution in [3.63, 3.8) is 0 Å². The van der Waals surface area contributed by atoms with Gasteiger partial charge in [0.15, 0.2) is 5.82 Å². The van der Waals surface area contributed by atoms with Crippen LogP contribution in [0.3, 0.4) is 0 Å². The number of hydrogen-bond donors (Lipinski definition) is 4. The standard InChI is InChI=1S/C25H33N5O8S4/c31-19(32)6-10-39-14-29(15-40-11-7-20(33)34)24-26-23(18-4-2-1-3-5-18)27-25(28-24)30(16-41-12-8-21(35)36)17-42-13-9-22(37)38/h1-5H,6-17H2,(H,31,32)(H,33,34)(H,35,36)(H,37,38). The molecule has 0 fully saturated rings. The fraction of sp³-hybridized carbons (Fsp3) is 0.480. The molecular weight excluding hydrogens is 627 g/mol. The zero-order chi connectivity index (χ0) is 30.7. The Bertz CT molecular complexity index is 1050. The lowest BCUT2D eigenvalue weighted by Gasteiger charge is -2.26. The first-order valence-corrected chi connectivity index (χ1v) is 17.3. The van der Waals surface area contributed by atoms with Gasteiger partial charge in [-0.1, -0.05) is 30.3 Å². The predicted molar refractivity (Wildman–Crippen MR) is 169 cm³/mol. The fourth-order valence-corrected chi connectivity index (χ4v) is 6.73. The lowest BCUT2D eigenvalue weighted by molar-refractivity contribution is -0.137. The van der Waals surface area contributed by atoms with Crippen molar-refractivity contribution in [2.24, 2.45) is 0 Å². The normalized spacial score (nSPS) is 10.8. The summed E-state index contributed by atoms with van der Waals surface area (Å²) >= 11 is 5.54. The van der Waals surface area contributed by atoms with Gasteiger partial charge in [0.1, 0.15) is 0 Å². The van der Waals surface area contributed by atoms with Crippen LogP contribution in [0.15, 0.2) is 30.3 Å². The van der Waals surface area contributed by atoms with Crippen LogP contribution in [0.2, 0.25) is 0 Å². The van der Waals surface area contributed by atoms with Gasteiger partial charge in [-0.25, -0.2) is 0 Å². The van der Waals surface area contributed by atoms with Gasteiger partial charge in [-0.3, -0.25) is 19.2 Å². The summed E-state index contributed by atoms with van der Waals surface area (Å²) in [5, 5.41) is 36.1. The number of benzene rings is 1. The zero-order valence-corrected chi connectivity index (χ0v) is 25.9. The van der Waals surface area contributed by atoms with Gasteiger partial charge < -0.3 is 30.2 Å². The molecule has 1 heterocycles. The van der Waals surface area contributed by atoms with Gasteiger partial charge in [-0.2, -0.15) is 15.0 Å². The summed E-state index contributed by atoms with van der Waals surface area (Å²) in [7, 11) is 0. The number of carboxylic acid groups (broad SMARTS) is 4. The molecule has 0 aliphatic rings. The number of thioether (sulfide) groups is 4. The van der Waals surface area contributed by atoms with Crippen LogP contribution in [0, 0.1) is 0 Å². The molecule has 13 nitrogen and oxygen atoms in total. The molecule has 0 amide bonds. The first-order chi connectivity index (χ1) is 20.2. The molecule has 0 atom stereocenters. The number of rotatable bonds is 23. The van der Waals surface area contributed by atoms with Crippen molar-refractivity contribution in [3.05, 3.63) is 30.3 Å². The monoisotopic (exact) mass is 659 g/mol. The third-order valence-corrected chi connectivity index (χ3v) is 8.99. The first-order valence-electron chi connectivity index (χ1n) is 12.6. The minimum atomic E-state index is -0.907. The van der Waals surface area contributed by atoms with Gasteiger partial charge in [-0.15, -0.1) is 47.0 Å². The molecule has 42 heavy (non-hydrogen) atoms. The Kier molecular flexibility index (Phi) is 16.9. The highest BCUT2D eigenvalue weighted by Gasteiger charge is 2.19. The summed E-state index contributed by atoms with van der Waals surface area (Å²) < 4.78 is 0. The maximum Gasteiger partial charge on any atom is 0.304 e. The Morgan fingerprint density at radius 3 is 1.19 bits per heavy atom. The maximum absolute atomic E-state index is 11.0. The highest BCUT2D eigenvalue weighted by molar-refractivity contribution is 8.00. The van der Waals surface area contributed by atoms with Crippen molar-refractivity contribution >= 4 is 82.8 Å². The average molecular weight is 660 g/mol. The van der Waals surface area contributed by atoms with E-state index in [-0.39, 0.29) is 25.7 Å². The second kappa shape index (κ2) is 20.1. The number of aromatic nitrogens is 3. The van der Waals surface area contributed by atoms with E-state index in [0.29, 0.717) is 64.2 Å². The fourth-order valence-electron chi connectivity index (χ4n) is 3.00. The van der Waals surface area contributed by atoms with Gasteiger partial charge >= 0.3 is 23.9 Å². The molecule has 0 spiro atoms. The van der Waals surface area contributed by atoms with E-state index in [2.05, 4.69) is 0 Å². The lowest BCUT2D eigenvalue weighted by Crippen LogP contribution is -2.29. The Labute approximate surface area is 260 Å². The average Bonchev–Trinajstić information content (AvgIpc) is 2.95. The van der Waals surface area contributed by atoms with Crippen molar-refractivity contribution in [1.29, 1.82) is 0 Å². The molecule has 0 radical (unpaired) electrons. The van der Waals surface area contributed by atoms with Crippen molar-refractivity contribution in [2.75, 3.05) is 56.3 Å². The van der Waals surface area contributed by atoms with Crippen LogP contribution in [0.5, 0.6) is 0 Å². The summed E-state index contributed by atoms with van der Waals surface area (Å²) in [5.74, 6) is 0.265. The lowest BCUT2D eigenvalue weighted by atomic mass is 10.2. The van der Waals surface area contributed by atoms with Crippen LogP contribution >= 0.6 is 47.0 Å². The predicted octanol–water partition coefficient (Wildman–Crippen LogP) is 3.81. The van der Waals surface area contributed by atoms with Crippen molar-refractivity contribution in [2.45, 2.75) is 25.7 Å². The number of aliphatic carboxylic acids is 4. The Hall–Kier alpha value is -2.89. The van der Waals surface area contributed by atoms with Crippen molar-refractivity contribution in [3.8, 4) is 11.4 Å². The van der Waals surface area contributed by atoms with E-state index in [9.17, 15) is 19.2 Å². The van der Waals surface area contributed by atoms with Crippen LogP contribution in [0.4, 0.5) is 11.9 Å². The van der Waals surface area contributed by atoms with Gasteiger partial charge in [0.2, 0.25) is 11.9 Å². The highest BCUT2D eigenvalue weighted by Crippen LogP contribution is 2.26. The topological polar surface area (TPSA) is 194 Å². The third-order valence-electron chi connectivity index (χ3n) is 5.04. The second-order valence-corrected chi connectivity index (χ2v) is 12.7. The van der Waals surface area contributed by atoms with E-state index in [1.807, 2.05) is 40.1 Å². The SMILES string of the molecule is O=C(O)CCSCN(CSCCC(=O)O)c1nc(-c2ccccc2)nc(N(CSCCC(=O)O)CSCCC(=O)O)n1. The van der Waals surface area contributed by atoms with E-state index in [1.54, 1.807) is 0 Å². The molecule has 0 bridgehead atoms. The first kappa shape index (κ1) is 35.3. The van der Waals surface area contributed by atoms with E-state index >= 15 is 0 Å². The molecule has 2 rings (SSSR count). The number of nitrogens with zero attached hydrogens (tertiary/aromatic N) is 5. The van der Waals surface area contributed by atoms with Crippen LogP contribution in [0.25, 0.3) is 11.4 Å². The number of carbonyl (C=O) groups is 4. The largest absolute Gasteiger partial charge is 0.481 e. The molecule has 0 unspecified atom stereocenters. The minimum Gasteiger partial charge on any atom is -0.481 e. The summed E-state index contributed by atoms with van der Waals surface area (Å²) in [6, 6.07) is 9.26. The Morgan fingerprint density at radius 2 is 0.881 bits per heavy atom. The molecule has 0 saturated carbocycles. The van der Waals surface area contributed by atoms with E-state index in [1.165, 1.54) is 47.0 Å². The van der Waals surface area contributed by atoms with Crippen molar-refractivity contribution in [1.82, 2.24) is 15.0 Å². The summed E-state index contributed by atoms with van der Waals surface area (Å²) in [5.41, 5.74) is 0.733. The Morgan fingerprint density at radius 1 is 0.548 bits per heavy atom. The molecule has 2 aromatic rings. The van der Waals surface area contributed by atoms with Gasteiger partial charge in [0.25, 0.3) is 0 Å². The van der Waals surface area contributed by atoms with Crippen molar-refractivity contribution < 1.29 is 39.6 Å². The zero-order valence-electron chi connectivity index (χ0n) is 22.7. The quantitative estimate of drug-likeness (QED) is 0.0992. The Balaban J connectivity index is 2.41. The molecule has 230 valence electrons. The third kappa shape index (κ3) is 14.8. The van der Waals surface area contributed by atoms with E-state index in [4.69, 9.17) is 35.4 Å². The molecular formula is C25H33N5O8S4. The van der Waals surface area contributed by atoms with Crippen LogP contribution in [0.1, 0.15) is 25.7 Å². The van der Waals surface area contributed by atoms with Crippen LogP contribution in [-0.2, 0) is 19.2 Å². The van der Waals surface area contributed by atoms with E-state index in [0.717, 1.165) is 5.56 Å². The highest BCUT2D eigenvalue weighted by atomic mass is 32.2. The van der Waals surface area contributed by atoms with Crippen LogP contribution < -0.4 is 9.80 Å². The number of anilines is 2.